The van der Waals surface area contributed by atoms with Gasteiger partial charge in [0.25, 0.3) is 11.8 Å². The Bertz CT molecular complexity index is 769. The number of rotatable bonds is 6. The summed E-state index contributed by atoms with van der Waals surface area (Å²) in [5, 5.41) is 14.5. The molecule has 0 spiro atoms. The SMILES string of the molecule is CC(C)CC(NC(=O)c1ccc(NC(=O)N2CCSCC2)cc1)C(=O)N(C)C#N. The smallest absolute Gasteiger partial charge is 0.321 e. The van der Waals surface area contributed by atoms with Gasteiger partial charge in [-0.05, 0) is 36.6 Å². The quantitative estimate of drug-likeness (QED) is 0.546. The van der Waals surface area contributed by atoms with Crippen molar-refractivity contribution in [1.29, 1.82) is 5.26 Å². The van der Waals surface area contributed by atoms with Gasteiger partial charge in [-0.1, -0.05) is 13.8 Å². The van der Waals surface area contributed by atoms with Crippen LogP contribution in [0.25, 0.3) is 0 Å². The summed E-state index contributed by atoms with van der Waals surface area (Å²) >= 11 is 1.83. The van der Waals surface area contributed by atoms with Crippen molar-refractivity contribution in [2.45, 2.75) is 26.3 Å². The molecule has 1 fully saturated rings. The van der Waals surface area contributed by atoms with E-state index >= 15 is 0 Å². The second kappa shape index (κ2) is 10.7. The number of hydrogen-bond donors (Lipinski definition) is 2. The van der Waals surface area contributed by atoms with Gasteiger partial charge in [0.05, 0.1) is 0 Å². The number of nitrogens with zero attached hydrogens (tertiary/aromatic N) is 3. The van der Waals surface area contributed by atoms with Gasteiger partial charge in [0.15, 0.2) is 6.19 Å². The van der Waals surface area contributed by atoms with Crippen LogP contribution in [0.3, 0.4) is 0 Å². The molecule has 8 nitrogen and oxygen atoms in total. The molecule has 1 atom stereocenters. The molecule has 2 N–H and O–H groups in total. The maximum Gasteiger partial charge on any atom is 0.321 e. The molecule has 1 unspecified atom stereocenters. The Hall–Kier alpha value is -2.73. The van der Waals surface area contributed by atoms with Crippen molar-refractivity contribution in [3.63, 3.8) is 0 Å². The lowest BCUT2D eigenvalue weighted by molar-refractivity contribution is -0.129. The number of carbonyl (C=O) groups excluding carboxylic acids is 3. The summed E-state index contributed by atoms with van der Waals surface area (Å²) in [4.78, 5) is 39.9. The van der Waals surface area contributed by atoms with Crippen molar-refractivity contribution in [3.8, 4) is 6.19 Å². The average Bonchev–Trinajstić information content (AvgIpc) is 2.72. The summed E-state index contributed by atoms with van der Waals surface area (Å²) in [5.74, 6) is 1.19. The highest BCUT2D eigenvalue weighted by molar-refractivity contribution is 7.99. The van der Waals surface area contributed by atoms with Gasteiger partial charge in [-0.25, -0.2) is 4.79 Å². The van der Waals surface area contributed by atoms with E-state index in [0.717, 1.165) is 29.5 Å². The number of nitriles is 1. The van der Waals surface area contributed by atoms with Gasteiger partial charge in [0, 0.05) is 42.9 Å². The standard InChI is InChI=1S/C20H27N5O3S/c1-14(2)12-17(19(27)24(3)13-21)23-18(26)15-4-6-16(7-5-15)22-20(28)25-8-10-29-11-9-25/h4-7,14,17H,8-12H2,1-3H3,(H,22,28)(H,23,26). The lowest BCUT2D eigenvalue weighted by Gasteiger charge is -2.26. The van der Waals surface area contributed by atoms with Gasteiger partial charge >= 0.3 is 6.03 Å². The van der Waals surface area contributed by atoms with Crippen LogP contribution in [0, 0.1) is 17.4 Å². The Morgan fingerprint density at radius 1 is 1.21 bits per heavy atom. The lowest BCUT2D eigenvalue weighted by atomic mass is 10.0. The van der Waals surface area contributed by atoms with E-state index in [9.17, 15) is 14.4 Å². The Kier molecular flexibility index (Phi) is 8.34. The molecule has 1 aliphatic rings. The lowest BCUT2D eigenvalue weighted by Crippen LogP contribution is -2.46. The van der Waals surface area contributed by atoms with Gasteiger partial charge in [-0.2, -0.15) is 17.0 Å². The summed E-state index contributed by atoms with van der Waals surface area (Å²) in [6.07, 6.45) is 2.20. The number of anilines is 1. The minimum Gasteiger partial charge on any atom is -0.340 e. The van der Waals surface area contributed by atoms with E-state index in [4.69, 9.17) is 5.26 Å². The van der Waals surface area contributed by atoms with Crippen molar-refractivity contribution in [1.82, 2.24) is 15.1 Å². The number of likely N-dealkylation sites (N-methyl/N-ethyl adjacent to an activating group) is 1. The molecule has 1 heterocycles. The summed E-state index contributed by atoms with van der Waals surface area (Å²) in [7, 11) is 1.38. The van der Waals surface area contributed by atoms with E-state index in [2.05, 4.69) is 10.6 Å². The predicted molar refractivity (Wildman–Crippen MR) is 113 cm³/mol. The van der Waals surface area contributed by atoms with Crippen LogP contribution in [-0.4, -0.2) is 65.3 Å². The molecule has 156 valence electrons. The molecule has 2 rings (SSSR count). The van der Waals surface area contributed by atoms with Crippen LogP contribution in [0.2, 0.25) is 0 Å². The molecular formula is C20H27N5O3S. The number of hydrogen-bond acceptors (Lipinski definition) is 5. The topological polar surface area (TPSA) is 106 Å². The monoisotopic (exact) mass is 417 g/mol. The van der Waals surface area contributed by atoms with Gasteiger partial charge in [-0.3, -0.25) is 14.5 Å². The zero-order chi connectivity index (χ0) is 21.4. The fraction of sp³-hybridized carbons (Fsp3) is 0.500. The number of carbonyl (C=O) groups is 3. The molecule has 1 aliphatic heterocycles. The second-order valence-corrected chi connectivity index (χ2v) is 8.48. The fourth-order valence-corrected chi connectivity index (χ4v) is 3.79. The van der Waals surface area contributed by atoms with E-state index in [1.54, 1.807) is 35.4 Å². The molecule has 1 saturated heterocycles. The average molecular weight is 418 g/mol. The zero-order valence-electron chi connectivity index (χ0n) is 17.0. The van der Waals surface area contributed by atoms with Crippen molar-refractivity contribution in [2.24, 2.45) is 5.92 Å². The minimum absolute atomic E-state index is 0.148. The summed E-state index contributed by atoms with van der Waals surface area (Å²) in [5.41, 5.74) is 0.974. The van der Waals surface area contributed by atoms with Crippen LogP contribution in [0.15, 0.2) is 24.3 Å². The molecule has 0 radical (unpaired) electrons. The molecule has 0 aliphatic carbocycles. The normalized spacial score (nSPS) is 14.7. The summed E-state index contributed by atoms with van der Waals surface area (Å²) in [6.45, 7) is 5.33. The molecule has 1 aromatic rings. The molecule has 0 aromatic heterocycles. The van der Waals surface area contributed by atoms with Gasteiger partial charge < -0.3 is 15.5 Å². The first-order chi connectivity index (χ1) is 13.8. The number of nitrogens with one attached hydrogen (secondary N) is 2. The zero-order valence-corrected chi connectivity index (χ0v) is 17.8. The Morgan fingerprint density at radius 2 is 1.83 bits per heavy atom. The highest BCUT2D eigenvalue weighted by Crippen LogP contribution is 2.14. The van der Waals surface area contributed by atoms with Crippen LogP contribution >= 0.6 is 11.8 Å². The van der Waals surface area contributed by atoms with Crippen LogP contribution < -0.4 is 10.6 Å². The van der Waals surface area contributed by atoms with Crippen molar-refractivity contribution in [3.05, 3.63) is 29.8 Å². The fourth-order valence-electron chi connectivity index (χ4n) is 2.89. The van der Waals surface area contributed by atoms with Crippen LogP contribution in [0.1, 0.15) is 30.6 Å². The number of thioether (sulfide) groups is 1. The Morgan fingerprint density at radius 3 is 2.38 bits per heavy atom. The highest BCUT2D eigenvalue weighted by atomic mass is 32.2. The van der Waals surface area contributed by atoms with Crippen molar-refractivity contribution < 1.29 is 14.4 Å². The van der Waals surface area contributed by atoms with Crippen LogP contribution in [0.5, 0.6) is 0 Å². The first kappa shape index (κ1) is 22.6. The predicted octanol–water partition coefficient (Wildman–Crippen LogP) is 2.35. The van der Waals surface area contributed by atoms with Crippen LogP contribution in [0.4, 0.5) is 10.5 Å². The molecule has 0 saturated carbocycles. The number of amides is 4. The molecule has 29 heavy (non-hydrogen) atoms. The van der Waals surface area contributed by atoms with Gasteiger partial charge in [0.2, 0.25) is 0 Å². The van der Waals surface area contributed by atoms with Gasteiger partial charge in [0.1, 0.15) is 6.04 Å². The number of urea groups is 1. The largest absolute Gasteiger partial charge is 0.340 e. The summed E-state index contributed by atoms with van der Waals surface area (Å²) in [6, 6.07) is 5.59. The molecule has 4 amide bonds. The molecule has 1 aromatic carbocycles. The number of benzene rings is 1. The van der Waals surface area contributed by atoms with Gasteiger partial charge in [-0.15, -0.1) is 0 Å². The molecular weight excluding hydrogens is 390 g/mol. The third kappa shape index (κ3) is 6.68. The van der Waals surface area contributed by atoms with Crippen LogP contribution in [-0.2, 0) is 4.79 Å². The maximum absolute atomic E-state index is 12.6. The molecule has 0 bridgehead atoms. The van der Waals surface area contributed by atoms with E-state index in [1.807, 2.05) is 25.6 Å². The molecule has 9 heteroatoms. The van der Waals surface area contributed by atoms with E-state index in [1.165, 1.54) is 7.05 Å². The van der Waals surface area contributed by atoms with Crippen molar-refractivity contribution >= 4 is 35.3 Å². The summed E-state index contributed by atoms with van der Waals surface area (Å²) < 4.78 is 0. The van der Waals surface area contributed by atoms with E-state index in [-0.39, 0.29) is 11.9 Å². The third-order valence-electron chi connectivity index (χ3n) is 4.49. The van der Waals surface area contributed by atoms with E-state index < -0.39 is 17.9 Å². The minimum atomic E-state index is -0.775. The Balaban J connectivity index is 1.99. The first-order valence-electron chi connectivity index (χ1n) is 9.53. The van der Waals surface area contributed by atoms with E-state index in [0.29, 0.717) is 17.7 Å². The first-order valence-corrected chi connectivity index (χ1v) is 10.7. The van der Waals surface area contributed by atoms with Crippen molar-refractivity contribution in [2.75, 3.05) is 37.0 Å². The third-order valence-corrected chi connectivity index (χ3v) is 5.43. The Labute approximate surface area is 175 Å². The maximum atomic E-state index is 12.6. The highest BCUT2D eigenvalue weighted by Gasteiger charge is 2.25. The second-order valence-electron chi connectivity index (χ2n) is 7.26.